The Balaban J connectivity index is 1.54. The van der Waals surface area contributed by atoms with Crippen LogP contribution in [0, 0.1) is 0 Å². The summed E-state index contributed by atoms with van der Waals surface area (Å²) in [6, 6.07) is 0. The normalized spacial score (nSPS) is 13.3. The van der Waals surface area contributed by atoms with Crippen LogP contribution in [0.1, 0.15) is 41.4 Å². The van der Waals surface area contributed by atoms with Gasteiger partial charge in [0.05, 0.1) is 54.8 Å². The molecule has 1 aliphatic rings. The summed E-state index contributed by atoms with van der Waals surface area (Å²) in [7, 11) is 1.30. The average molecular weight is 491 g/mol. The minimum absolute atomic E-state index is 0.117. The van der Waals surface area contributed by atoms with Crippen molar-refractivity contribution in [3.05, 3.63) is 42.5 Å². The highest BCUT2D eigenvalue weighted by Crippen LogP contribution is 2.40. The predicted octanol–water partition coefficient (Wildman–Crippen LogP) is 3.01. The van der Waals surface area contributed by atoms with Crippen molar-refractivity contribution in [1.29, 1.82) is 0 Å². The van der Waals surface area contributed by atoms with Crippen molar-refractivity contribution in [2.45, 2.75) is 37.9 Å². The molecule has 2 amide bonds. The van der Waals surface area contributed by atoms with E-state index in [4.69, 9.17) is 4.74 Å². The number of aryl methyl sites for hydroxylation is 1. The molecule has 35 heavy (non-hydrogen) atoms. The molecule has 3 aromatic rings. The topological polar surface area (TPSA) is 149 Å². The summed E-state index contributed by atoms with van der Waals surface area (Å²) in [5.74, 6) is -0.538. The summed E-state index contributed by atoms with van der Waals surface area (Å²) in [5.41, 5.74) is 0.729. The third-order valence-electron chi connectivity index (χ3n) is 4.89. The van der Waals surface area contributed by atoms with Gasteiger partial charge in [0.25, 0.3) is 11.8 Å². The van der Waals surface area contributed by atoms with Crippen LogP contribution in [-0.2, 0) is 6.54 Å². The van der Waals surface area contributed by atoms with Gasteiger partial charge in [0.15, 0.2) is 5.82 Å². The Morgan fingerprint density at radius 1 is 1.17 bits per heavy atom. The first-order valence-electron chi connectivity index (χ1n) is 10.5. The molecule has 0 unspecified atom stereocenters. The third-order valence-corrected chi connectivity index (χ3v) is 4.89. The molecule has 3 aromatic heterocycles. The van der Waals surface area contributed by atoms with Crippen LogP contribution in [-0.4, -0.2) is 54.9 Å². The lowest BCUT2D eigenvalue weighted by Gasteiger charge is -2.13. The van der Waals surface area contributed by atoms with Crippen molar-refractivity contribution in [3.8, 4) is 5.88 Å². The number of halogens is 3. The number of aromatic nitrogens is 6. The van der Waals surface area contributed by atoms with Gasteiger partial charge in [0.2, 0.25) is 0 Å². The van der Waals surface area contributed by atoms with E-state index in [-0.39, 0.29) is 29.0 Å². The van der Waals surface area contributed by atoms with Gasteiger partial charge >= 0.3 is 12.3 Å². The number of nitrogens with zero attached hydrogens (tertiary/aromatic N) is 6. The van der Waals surface area contributed by atoms with E-state index < -0.39 is 31.1 Å². The summed E-state index contributed by atoms with van der Waals surface area (Å²) in [5, 5.41) is 11.4. The quantitative estimate of drug-likeness (QED) is 0.432. The summed E-state index contributed by atoms with van der Waals surface area (Å²) >= 11 is 0. The zero-order chi connectivity index (χ0) is 25.0. The molecular weight excluding hydrogens is 471 g/mol. The molecule has 0 radical (unpaired) electrons. The van der Waals surface area contributed by atoms with Gasteiger partial charge in [0.1, 0.15) is 12.0 Å². The zero-order valence-electron chi connectivity index (χ0n) is 18.3. The third kappa shape index (κ3) is 6.18. The standard InChI is InChI=1S/C20H20F3N9O3/c1-24-17(33)15-14(9-28-32(15)5-4-20(21,22)23)31-19(34)35-18-16(29-12-6-25-10-26-7-12)27-8-13(30-18)11-2-3-11/h6-11H,2-5H2,1H3,(H,24,33)(H,27,29)(H,31,34). The average Bonchev–Trinajstić information content (AvgIpc) is 3.60. The second kappa shape index (κ2) is 9.90. The van der Waals surface area contributed by atoms with Crippen molar-refractivity contribution in [1.82, 2.24) is 35.0 Å². The summed E-state index contributed by atoms with van der Waals surface area (Å²) in [4.78, 5) is 41.4. The predicted molar refractivity (Wildman–Crippen MR) is 115 cm³/mol. The van der Waals surface area contributed by atoms with Crippen molar-refractivity contribution in [2.24, 2.45) is 0 Å². The molecule has 3 N–H and O–H groups in total. The van der Waals surface area contributed by atoms with Gasteiger partial charge in [-0.15, -0.1) is 0 Å². The Kier molecular flexibility index (Phi) is 6.75. The number of hydrogen-bond donors (Lipinski definition) is 3. The van der Waals surface area contributed by atoms with E-state index in [1.54, 1.807) is 6.20 Å². The molecule has 12 nitrogen and oxygen atoms in total. The smallest absolute Gasteiger partial charge is 0.387 e. The molecule has 15 heteroatoms. The first-order chi connectivity index (χ1) is 16.7. The van der Waals surface area contributed by atoms with Crippen LogP contribution >= 0.6 is 0 Å². The van der Waals surface area contributed by atoms with Crippen LogP contribution in [0.4, 0.5) is 35.2 Å². The molecule has 0 saturated heterocycles. The van der Waals surface area contributed by atoms with Crippen molar-refractivity contribution in [2.75, 3.05) is 17.7 Å². The first kappa shape index (κ1) is 23.8. The molecule has 0 atom stereocenters. The molecular formula is C20H20F3N9O3. The van der Waals surface area contributed by atoms with E-state index in [1.165, 1.54) is 25.8 Å². The number of amides is 2. The van der Waals surface area contributed by atoms with Gasteiger partial charge in [-0.3, -0.25) is 14.8 Å². The lowest BCUT2D eigenvalue weighted by Crippen LogP contribution is -2.26. The number of nitrogens with one attached hydrogen (secondary N) is 3. The maximum absolute atomic E-state index is 12.7. The minimum atomic E-state index is -4.45. The van der Waals surface area contributed by atoms with E-state index in [1.807, 2.05) is 0 Å². The summed E-state index contributed by atoms with van der Waals surface area (Å²) in [6.45, 7) is -0.606. The Bertz CT molecular complexity index is 1210. The molecule has 1 fully saturated rings. The fourth-order valence-electron chi connectivity index (χ4n) is 3.08. The van der Waals surface area contributed by atoms with Gasteiger partial charge in [-0.05, 0) is 12.8 Å². The number of anilines is 3. The molecule has 184 valence electrons. The van der Waals surface area contributed by atoms with Crippen LogP contribution in [0.3, 0.4) is 0 Å². The lowest BCUT2D eigenvalue weighted by molar-refractivity contribution is -0.137. The molecule has 4 rings (SSSR count). The Morgan fingerprint density at radius 2 is 1.91 bits per heavy atom. The van der Waals surface area contributed by atoms with Crippen LogP contribution < -0.4 is 20.7 Å². The van der Waals surface area contributed by atoms with Gasteiger partial charge in [-0.25, -0.2) is 24.7 Å². The van der Waals surface area contributed by atoms with Crippen molar-refractivity contribution < 1.29 is 27.5 Å². The van der Waals surface area contributed by atoms with Gasteiger partial charge < -0.3 is 15.4 Å². The molecule has 0 spiro atoms. The highest BCUT2D eigenvalue weighted by molar-refractivity contribution is 6.01. The van der Waals surface area contributed by atoms with Gasteiger partial charge in [-0.2, -0.15) is 18.3 Å². The monoisotopic (exact) mass is 491 g/mol. The number of rotatable bonds is 8. The van der Waals surface area contributed by atoms with Crippen LogP contribution in [0.25, 0.3) is 0 Å². The van der Waals surface area contributed by atoms with E-state index >= 15 is 0 Å². The SMILES string of the molecule is CNC(=O)c1c(NC(=O)Oc2nc(C3CC3)cnc2Nc2cncnc2)cnn1CCC(F)(F)F. The minimum Gasteiger partial charge on any atom is -0.387 e. The van der Waals surface area contributed by atoms with Crippen LogP contribution in [0.15, 0.2) is 31.1 Å². The van der Waals surface area contributed by atoms with Crippen LogP contribution in [0.2, 0.25) is 0 Å². The highest BCUT2D eigenvalue weighted by Gasteiger charge is 2.30. The zero-order valence-corrected chi connectivity index (χ0v) is 18.3. The van der Waals surface area contributed by atoms with E-state index in [2.05, 4.69) is 41.0 Å². The molecule has 3 heterocycles. The lowest BCUT2D eigenvalue weighted by atomic mass is 10.3. The number of alkyl halides is 3. The molecule has 0 aliphatic heterocycles. The van der Waals surface area contributed by atoms with E-state index in [0.717, 1.165) is 23.7 Å². The summed E-state index contributed by atoms with van der Waals surface area (Å²) in [6.07, 6.45) is 2.13. The van der Waals surface area contributed by atoms with Crippen LogP contribution in [0.5, 0.6) is 5.88 Å². The largest absolute Gasteiger partial charge is 0.418 e. The summed E-state index contributed by atoms with van der Waals surface area (Å²) < 4.78 is 44.2. The number of ether oxygens (including phenoxy) is 1. The molecule has 1 saturated carbocycles. The molecule has 1 aliphatic carbocycles. The van der Waals surface area contributed by atoms with E-state index in [9.17, 15) is 22.8 Å². The van der Waals surface area contributed by atoms with Gasteiger partial charge in [0, 0.05) is 13.0 Å². The Hall–Kier alpha value is -4.30. The Morgan fingerprint density at radius 3 is 2.57 bits per heavy atom. The molecule has 0 bridgehead atoms. The van der Waals surface area contributed by atoms with Crippen molar-refractivity contribution >= 4 is 29.2 Å². The maximum Gasteiger partial charge on any atom is 0.418 e. The van der Waals surface area contributed by atoms with E-state index in [0.29, 0.717) is 11.4 Å². The fraction of sp³-hybridized carbons (Fsp3) is 0.350. The number of carbonyl (C=O) groups excluding carboxylic acids is 2. The Labute approximate surface area is 196 Å². The van der Waals surface area contributed by atoms with Gasteiger partial charge in [-0.1, -0.05) is 0 Å². The second-order valence-corrected chi connectivity index (χ2v) is 7.56. The second-order valence-electron chi connectivity index (χ2n) is 7.56. The number of hydrogen-bond acceptors (Lipinski definition) is 9. The fourth-order valence-corrected chi connectivity index (χ4v) is 3.08. The highest BCUT2D eigenvalue weighted by atomic mass is 19.4. The van der Waals surface area contributed by atoms with Crippen molar-refractivity contribution in [3.63, 3.8) is 0 Å². The maximum atomic E-state index is 12.7. The first-order valence-corrected chi connectivity index (χ1v) is 10.5. The molecule has 0 aromatic carbocycles. The number of carbonyl (C=O) groups is 2.